The van der Waals surface area contributed by atoms with E-state index in [0.29, 0.717) is 17.9 Å². The SMILES string of the molecule is Cc1cccc(CN(C(=O)CC(C)c2ccccc2)c2ccc3c(c2)C(NS(=O)c2ccc(F)cc2)CCC3)n1. The zero-order chi connectivity index (χ0) is 28.1. The fourth-order valence-corrected chi connectivity index (χ4v) is 6.30. The zero-order valence-electron chi connectivity index (χ0n) is 22.8. The van der Waals surface area contributed by atoms with Gasteiger partial charge in [0.25, 0.3) is 0 Å². The van der Waals surface area contributed by atoms with Gasteiger partial charge < -0.3 is 4.90 Å². The van der Waals surface area contributed by atoms with E-state index < -0.39 is 11.0 Å². The number of anilines is 1. The maximum atomic E-state index is 13.9. The second kappa shape index (κ2) is 12.7. The first-order valence-electron chi connectivity index (χ1n) is 13.7. The number of fused-ring (bicyclic) bond motifs is 1. The molecule has 0 bridgehead atoms. The van der Waals surface area contributed by atoms with Crippen LogP contribution in [0.3, 0.4) is 0 Å². The van der Waals surface area contributed by atoms with Crippen molar-refractivity contribution in [3.05, 3.63) is 125 Å². The van der Waals surface area contributed by atoms with Crippen molar-refractivity contribution in [3.8, 4) is 0 Å². The number of amides is 1. The number of carbonyl (C=O) groups excluding carboxylic acids is 1. The predicted octanol–water partition coefficient (Wildman–Crippen LogP) is 6.95. The monoisotopic (exact) mass is 555 g/mol. The lowest BCUT2D eigenvalue weighted by Crippen LogP contribution is -2.32. The van der Waals surface area contributed by atoms with E-state index >= 15 is 0 Å². The van der Waals surface area contributed by atoms with Crippen molar-refractivity contribution in [2.45, 2.75) is 62.9 Å². The summed E-state index contributed by atoms with van der Waals surface area (Å²) >= 11 is 0. The topological polar surface area (TPSA) is 62.3 Å². The van der Waals surface area contributed by atoms with Crippen molar-refractivity contribution in [2.24, 2.45) is 0 Å². The van der Waals surface area contributed by atoms with Gasteiger partial charge in [0, 0.05) is 23.8 Å². The Morgan fingerprint density at radius 3 is 2.58 bits per heavy atom. The number of halogens is 1. The highest BCUT2D eigenvalue weighted by Gasteiger charge is 2.26. The number of pyridine rings is 1. The number of carbonyl (C=O) groups is 1. The Morgan fingerprint density at radius 2 is 1.82 bits per heavy atom. The molecule has 4 aromatic rings. The van der Waals surface area contributed by atoms with Gasteiger partial charge in [-0.2, -0.15) is 0 Å². The molecule has 40 heavy (non-hydrogen) atoms. The Morgan fingerprint density at radius 1 is 1.05 bits per heavy atom. The number of rotatable bonds is 9. The van der Waals surface area contributed by atoms with Gasteiger partial charge in [0.1, 0.15) is 16.8 Å². The van der Waals surface area contributed by atoms with Crippen molar-refractivity contribution in [3.63, 3.8) is 0 Å². The summed E-state index contributed by atoms with van der Waals surface area (Å²) in [5, 5.41) is 0. The highest BCUT2D eigenvalue weighted by atomic mass is 32.2. The van der Waals surface area contributed by atoms with Gasteiger partial charge in [-0.3, -0.25) is 9.78 Å². The Hall–Kier alpha value is -3.68. The summed E-state index contributed by atoms with van der Waals surface area (Å²) in [7, 11) is -1.49. The third kappa shape index (κ3) is 6.72. The van der Waals surface area contributed by atoms with Crippen molar-refractivity contribution in [1.29, 1.82) is 0 Å². The molecule has 0 radical (unpaired) electrons. The fourth-order valence-electron chi connectivity index (χ4n) is 5.28. The highest BCUT2D eigenvalue weighted by Crippen LogP contribution is 2.34. The average Bonchev–Trinajstić information content (AvgIpc) is 2.96. The largest absolute Gasteiger partial charge is 0.306 e. The van der Waals surface area contributed by atoms with Gasteiger partial charge in [-0.25, -0.2) is 13.3 Å². The molecule has 0 saturated carbocycles. The fraction of sp³-hybridized carbons (Fsp3) is 0.273. The highest BCUT2D eigenvalue weighted by molar-refractivity contribution is 7.83. The maximum Gasteiger partial charge on any atom is 0.227 e. The molecule has 7 heteroatoms. The lowest BCUT2D eigenvalue weighted by atomic mass is 9.87. The minimum atomic E-state index is -1.49. The molecule has 3 aromatic carbocycles. The van der Waals surface area contributed by atoms with Gasteiger partial charge in [-0.1, -0.05) is 49.4 Å². The standard InChI is InChI=1S/C33H34FN3O2S/c1-23(25-9-4-3-5-10-25)20-33(38)37(22-28-12-6-8-24(2)35-28)29-17-14-26-11-7-13-32(31(26)21-29)36-40(39)30-18-15-27(34)16-19-30/h3-6,8-10,12,14-19,21,23,32,36H,7,11,13,20,22H2,1-2H3. The predicted molar refractivity (Wildman–Crippen MR) is 158 cm³/mol. The molecule has 1 amide bonds. The molecule has 5 nitrogen and oxygen atoms in total. The number of hydrogen-bond donors (Lipinski definition) is 1. The molecule has 1 aliphatic rings. The van der Waals surface area contributed by atoms with Crippen LogP contribution in [0.25, 0.3) is 0 Å². The third-order valence-corrected chi connectivity index (χ3v) is 8.65. The summed E-state index contributed by atoms with van der Waals surface area (Å²) in [4.78, 5) is 20.9. The van der Waals surface area contributed by atoms with Crippen LogP contribution in [0, 0.1) is 12.7 Å². The van der Waals surface area contributed by atoms with Crippen molar-refractivity contribution < 1.29 is 13.4 Å². The van der Waals surface area contributed by atoms with Crippen molar-refractivity contribution in [2.75, 3.05) is 4.90 Å². The van der Waals surface area contributed by atoms with Crippen LogP contribution in [0.4, 0.5) is 10.1 Å². The number of benzene rings is 3. The number of nitrogens with one attached hydrogen (secondary N) is 1. The molecule has 0 saturated heterocycles. The zero-order valence-corrected chi connectivity index (χ0v) is 23.7. The number of aromatic nitrogens is 1. The van der Waals surface area contributed by atoms with Crippen molar-refractivity contribution in [1.82, 2.24) is 9.71 Å². The molecule has 3 unspecified atom stereocenters. The van der Waals surface area contributed by atoms with E-state index in [1.807, 2.05) is 54.3 Å². The lowest BCUT2D eigenvalue weighted by molar-refractivity contribution is -0.119. The van der Waals surface area contributed by atoms with Gasteiger partial charge in [0.15, 0.2) is 0 Å². The Labute approximate surface area is 238 Å². The molecule has 206 valence electrons. The maximum absolute atomic E-state index is 13.9. The summed E-state index contributed by atoms with van der Waals surface area (Å²) in [6.45, 7) is 4.39. The second-order valence-electron chi connectivity index (χ2n) is 10.4. The van der Waals surface area contributed by atoms with Crippen LogP contribution in [-0.4, -0.2) is 15.1 Å². The van der Waals surface area contributed by atoms with E-state index in [0.717, 1.165) is 47.5 Å². The molecule has 1 aromatic heterocycles. The molecular formula is C33H34FN3O2S. The average molecular weight is 556 g/mol. The van der Waals surface area contributed by atoms with Crippen LogP contribution in [0.1, 0.15) is 66.2 Å². The van der Waals surface area contributed by atoms with Crippen LogP contribution >= 0.6 is 0 Å². The van der Waals surface area contributed by atoms with Crippen LogP contribution in [-0.2, 0) is 28.7 Å². The summed E-state index contributed by atoms with van der Waals surface area (Å²) in [5.74, 6) is -0.274. The first kappa shape index (κ1) is 27.9. The second-order valence-corrected chi connectivity index (χ2v) is 11.7. The van der Waals surface area contributed by atoms with Gasteiger partial charge in [0.05, 0.1) is 17.1 Å². The van der Waals surface area contributed by atoms with E-state index in [2.05, 4.69) is 40.9 Å². The molecule has 1 N–H and O–H groups in total. The van der Waals surface area contributed by atoms with E-state index in [4.69, 9.17) is 0 Å². The molecule has 1 aliphatic carbocycles. The van der Waals surface area contributed by atoms with E-state index in [1.54, 1.807) is 12.1 Å². The van der Waals surface area contributed by atoms with Gasteiger partial charge in [-0.15, -0.1) is 0 Å². The molecule has 5 rings (SSSR count). The third-order valence-electron chi connectivity index (χ3n) is 7.45. The molecule has 0 fully saturated rings. The summed E-state index contributed by atoms with van der Waals surface area (Å²) < 4.78 is 29.7. The molecular weight excluding hydrogens is 521 g/mol. The van der Waals surface area contributed by atoms with Crippen molar-refractivity contribution >= 4 is 22.6 Å². The summed E-state index contributed by atoms with van der Waals surface area (Å²) in [6, 6.07) is 27.7. The van der Waals surface area contributed by atoms with Crippen LogP contribution in [0.5, 0.6) is 0 Å². The molecule has 0 aliphatic heterocycles. The van der Waals surface area contributed by atoms with Gasteiger partial charge in [-0.05, 0) is 97.3 Å². The molecule has 0 spiro atoms. The molecule has 1 heterocycles. The van der Waals surface area contributed by atoms with Crippen LogP contribution < -0.4 is 9.62 Å². The van der Waals surface area contributed by atoms with E-state index in [-0.39, 0.29) is 23.7 Å². The van der Waals surface area contributed by atoms with Crippen LogP contribution in [0.15, 0.2) is 95.9 Å². The van der Waals surface area contributed by atoms with Gasteiger partial charge >= 0.3 is 0 Å². The Kier molecular flexibility index (Phi) is 8.82. The first-order valence-corrected chi connectivity index (χ1v) is 14.9. The molecule has 3 atom stereocenters. The summed E-state index contributed by atoms with van der Waals surface area (Å²) in [6.07, 6.45) is 3.08. The number of aryl methyl sites for hydroxylation is 2. The van der Waals surface area contributed by atoms with E-state index in [1.165, 1.54) is 17.7 Å². The van der Waals surface area contributed by atoms with Crippen LogP contribution in [0.2, 0.25) is 0 Å². The number of nitrogens with zero attached hydrogens (tertiary/aromatic N) is 2. The Bertz CT molecular complexity index is 1490. The lowest BCUT2D eigenvalue weighted by Gasteiger charge is -2.30. The van der Waals surface area contributed by atoms with Gasteiger partial charge in [0.2, 0.25) is 5.91 Å². The minimum absolute atomic E-state index is 0.0230. The smallest absolute Gasteiger partial charge is 0.227 e. The minimum Gasteiger partial charge on any atom is -0.306 e. The number of hydrogen-bond acceptors (Lipinski definition) is 3. The Balaban J connectivity index is 1.44. The normalized spacial score (nSPS) is 16.1. The summed E-state index contributed by atoms with van der Waals surface area (Å²) in [5.41, 5.74) is 5.88. The van der Waals surface area contributed by atoms with E-state index in [9.17, 15) is 13.4 Å². The first-order chi connectivity index (χ1) is 19.4. The quantitative estimate of drug-likeness (QED) is 0.243.